The van der Waals surface area contributed by atoms with E-state index in [2.05, 4.69) is 45.0 Å². The molecule has 0 fully saturated rings. The summed E-state index contributed by atoms with van der Waals surface area (Å²) in [5.74, 6) is 0.529. The van der Waals surface area contributed by atoms with E-state index in [1.807, 2.05) is 31.2 Å². The summed E-state index contributed by atoms with van der Waals surface area (Å²) < 4.78 is 35.0. The van der Waals surface area contributed by atoms with Crippen LogP contribution in [0.3, 0.4) is 0 Å². The average Bonchev–Trinajstić information content (AvgIpc) is 2.95. The molecular weight excluding hydrogens is 556 g/mol. The predicted molar refractivity (Wildman–Crippen MR) is 176 cm³/mol. The standard InChI is InChI=1S/C19H16O.C18H14O4S/c1-10-8-11(2)14-6-7-16-17(20)9-12(3)15-5-4-13(10)18(14)19(15)16;1-9-7-15(19)13-5-6-14-16(23(20,21)22)8-10(2)12-4-3-11(9)17(13)18(12)14/h4-9,20H,1-3H3;3-8,19H,1-2H3,(H,20,21,22). The smallest absolute Gasteiger partial charge is 0.744 e. The zero-order valence-electron chi connectivity index (χ0n) is 25.5. The molecule has 5 nitrogen and oxygen atoms in total. The van der Waals surface area contributed by atoms with Crippen LogP contribution in [0.5, 0.6) is 11.5 Å². The molecule has 8 aromatic carbocycles. The average molecular weight is 587 g/mol. The molecule has 8 rings (SSSR count). The summed E-state index contributed by atoms with van der Waals surface area (Å²) >= 11 is 0. The van der Waals surface area contributed by atoms with E-state index in [1.54, 1.807) is 25.1 Å². The number of phenolic OH excluding ortho intramolecular Hbond substituents is 2. The van der Waals surface area contributed by atoms with Crippen LogP contribution in [0, 0.1) is 34.6 Å². The van der Waals surface area contributed by atoms with Crippen LogP contribution in [0.2, 0.25) is 0 Å². The summed E-state index contributed by atoms with van der Waals surface area (Å²) in [6.07, 6.45) is 0. The van der Waals surface area contributed by atoms with Crippen LogP contribution in [0.25, 0.3) is 64.6 Å². The van der Waals surface area contributed by atoms with Crippen molar-refractivity contribution in [2.75, 3.05) is 0 Å². The van der Waals surface area contributed by atoms with Gasteiger partial charge in [0, 0.05) is 26.9 Å². The third-order valence-electron chi connectivity index (χ3n) is 9.02. The Morgan fingerprint density at radius 2 is 0.744 bits per heavy atom. The van der Waals surface area contributed by atoms with E-state index in [0.29, 0.717) is 21.9 Å². The molecule has 0 aliphatic heterocycles. The Balaban J connectivity index is 0.000000154. The van der Waals surface area contributed by atoms with Crippen molar-refractivity contribution in [1.29, 1.82) is 0 Å². The lowest BCUT2D eigenvalue weighted by molar-refractivity contribution is 0.464. The van der Waals surface area contributed by atoms with E-state index in [-0.39, 0.29) is 12.1 Å². The Hall–Kier alpha value is -4.65. The molecule has 0 radical (unpaired) electrons. The van der Waals surface area contributed by atoms with Gasteiger partial charge in [0.2, 0.25) is 0 Å². The number of phenols is 2. The lowest BCUT2D eigenvalue weighted by atomic mass is 9.88. The van der Waals surface area contributed by atoms with Crippen LogP contribution in [0.15, 0.2) is 77.7 Å². The fraction of sp³-hybridized carbons (Fsp3) is 0.135. The summed E-state index contributed by atoms with van der Waals surface area (Å²) in [6.45, 7) is 10.1. The van der Waals surface area contributed by atoms with Crippen LogP contribution in [0.1, 0.15) is 29.2 Å². The second-order valence-electron chi connectivity index (χ2n) is 11.7. The lowest BCUT2D eigenvalue weighted by Gasteiger charge is -2.18. The van der Waals surface area contributed by atoms with Crippen molar-refractivity contribution in [2.24, 2.45) is 0 Å². The Bertz CT molecular complexity index is 2380. The van der Waals surface area contributed by atoms with Gasteiger partial charge in [-0.05, 0) is 130 Å². The first kappa shape index (κ1) is 27.2. The minimum atomic E-state index is -4.58. The topological polar surface area (TPSA) is 97.7 Å². The molecule has 0 saturated carbocycles. The molecule has 0 atom stereocenters. The van der Waals surface area contributed by atoms with Gasteiger partial charge in [0.05, 0.1) is 4.90 Å². The van der Waals surface area contributed by atoms with Gasteiger partial charge >= 0.3 is 1.43 Å². The fourth-order valence-electron chi connectivity index (χ4n) is 7.03. The minimum absolute atomic E-state index is 0. The molecule has 8 aromatic rings. The molecule has 0 amide bonds. The molecule has 6 heteroatoms. The number of aromatic hydroxyl groups is 2. The van der Waals surface area contributed by atoms with Gasteiger partial charge in [-0.3, -0.25) is 0 Å². The van der Waals surface area contributed by atoms with Gasteiger partial charge < -0.3 is 14.8 Å². The van der Waals surface area contributed by atoms with E-state index in [9.17, 15) is 23.2 Å². The van der Waals surface area contributed by atoms with Crippen molar-refractivity contribution in [2.45, 2.75) is 39.5 Å². The maximum atomic E-state index is 11.7. The Kier molecular flexibility index (Phi) is 5.80. The maximum Gasteiger partial charge on any atom is 1.00 e. The van der Waals surface area contributed by atoms with Crippen molar-refractivity contribution < 1.29 is 24.6 Å². The van der Waals surface area contributed by atoms with E-state index in [4.69, 9.17) is 0 Å². The highest BCUT2D eigenvalue weighted by atomic mass is 32.2. The van der Waals surface area contributed by atoms with Crippen LogP contribution >= 0.6 is 0 Å². The Labute approximate surface area is 250 Å². The molecule has 0 spiro atoms. The molecule has 0 bridgehead atoms. The van der Waals surface area contributed by atoms with Crippen LogP contribution in [-0.2, 0) is 10.1 Å². The molecule has 2 N–H and O–H groups in total. The highest BCUT2D eigenvalue weighted by Crippen LogP contribution is 2.43. The highest BCUT2D eigenvalue weighted by molar-refractivity contribution is 7.86. The van der Waals surface area contributed by atoms with E-state index in [0.717, 1.165) is 38.2 Å². The summed E-state index contributed by atoms with van der Waals surface area (Å²) in [7, 11) is -4.58. The quantitative estimate of drug-likeness (QED) is 0.148. The molecule has 0 aliphatic rings. The first-order valence-electron chi connectivity index (χ1n) is 14.1. The highest BCUT2D eigenvalue weighted by Gasteiger charge is 2.18. The maximum absolute atomic E-state index is 11.7. The van der Waals surface area contributed by atoms with E-state index >= 15 is 0 Å². The zero-order chi connectivity index (χ0) is 30.5. The molecule has 0 saturated heterocycles. The molecule has 0 aliphatic carbocycles. The molecular formula is C37H30O5S. The van der Waals surface area contributed by atoms with Crippen LogP contribution in [0.4, 0.5) is 0 Å². The monoisotopic (exact) mass is 586 g/mol. The number of aryl methyl sites for hydroxylation is 5. The van der Waals surface area contributed by atoms with Crippen molar-refractivity contribution in [3.63, 3.8) is 0 Å². The molecule has 0 heterocycles. The van der Waals surface area contributed by atoms with E-state index < -0.39 is 10.1 Å². The SMILES string of the molecule is Cc1cc(C)c2ccc3c(O)cc(C)c4ccc1c2c43.Cc1cc(O)c2ccc3c(S(=O)(=O)[O-])cc(C)c4ccc1c2c43.[H+]. The van der Waals surface area contributed by atoms with Crippen molar-refractivity contribution in [3.05, 3.63) is 101 Å². The lowest BCUT2D eigenvalue weighted by Crippen LogP contribution is -2.01. The number of benzene rings is 8. The first-order chi connectivity index (χ1) is 20.4. The van der Waals surface area contributed by atoms with E-state index in [1.165, 1.54) is 44.1 Å². The summed E-state index contributed by atoms with van der Waals surface area (Å²) in [6, 6.07) is 23.0. The Morgan fingerprint density at radius 3 is 1.14 bits per heavy atom. The van der Waals surface area contributed by atoms with Crippen LogP contribution < -0.4 is 0 Å². The number of hydrogen-bond donors (Lipinski definition) is 2. The van der Waals surface area contributed by atoms with Gasteiger partial charge in [-0.25, -0.2) is 8.42 Å². The van der Waals surface area contributed by atoms with Crippen molar-refractivity contribution in [1.82, 2.24) is 0 Å². The predicted octanol–water partition coefficient (Wildman–Crippen LogP) is 9.14. The third-order valence-corrected chi connectivity index (χ3v) is 9.90. The van der Waals surface area contributed by atoms with Crippen molar-refractivity contribution >= 4 is 74.8 Å². The van der Waals surface area contributed by atoms with Crippen molar-refractivity contribution in [3.8, 4) is 11.5 Å². The normalized spacial score (nSPS) is 12.3. The van der Waals surface area contributed by atoms with Gasteiger partial charge in [-0.2, -0.15) is 0 Å². The fourth-order valence-corrected chi connectivity index (χ4v) is 7.79. The van der Waals surface area contributed by atoms with Gasteiger partial charge in [-0.15, -0.1) is 0 Å². The summed E-state index contributed by atoms with van der Waals surface area (Å²) in [5, 5.41) is 32.2. The third kappa shape index (κ3) is 3.90. The zero-order valence-corrected chi connectivity index (χ0v) is 25.3. The number of rotatable bonds is 1. The molecule has 0 unspecified atom stereocenters. The first-order valence-corrected chi connectivity index (χ1v) is 15.5. The molecule has 0 aromatic heterocycles. The van der Waals surface area contributed by atoms with Gasteiger partial charge in [-0.1, -0.05) is 42.5 Å². The summed E-state index contributed by atoms with van der Waals surface area (Å²) in [4.78, 5) is -0.210. The van der Waals surface area contributed by atoms with Crippen LogP contribution in [-0.4, -0.2) is 23.2 Å². The summed E-state index contributed by atoms with van der Waals surface area (Å²) in [5.41, 5.74) is 5.35. The minimum Gasteiger partial charge on any atom is -0.744 e. The Morgan fingerprint density at radius 1 is 0.465 bits per heavy atom. The largest absolute Gasteiger partial charge is 1.00 e. The van der Waals surface area contributed by atoms with Gasteiger partial charge in [0.15, 0.2) is 0 Å². The second kappa shape index (κ2) is 9.17. The van der Waals surface area contributed by atoms with Gasteiger partial charge in [0.1, 0.15) is 21.6 Å². The number of hydrogen-bond acceptors (Lipinski definition) is 5. The second-order valence-corrected chi connectivity index (χ2v) is 13.1. The van der Waals surface area contributed by atoms with Gasteiger partial charge in [0.25, 0.3) is 0 Å². The molecule has 214 valence electrons. The molecule has 43 heavy (non-hydrogen) atoms.